The van der Waals surface area contributed by atoms with Crippen LogP contribution in [0.1, 0.15) is 47.1 Å². The number of nitrogens with one attached hydrogen (secondary N) is 1. The van der Waals surface area contributed by atoms with Crippen molar-refractivity contribution in [1.29, 1.82) is 0 Å². The van der Waals surface area contributed by atoms with E-state index < -0.39 is 0 Å². The minimum Gasteiger partial charge on any atom is -0.312 e. The quantitative estimate of drug-likeness (QED) is 0.818. The number of hydrogen-bond acceptors (Lipinski definition) is 1. The molecule has 1 unspecified atom stereocenters. The third kappa shape index (κ3) is 5.80. The highest BCUT2D eigenvalue weighted by molar-refractivity contribution is 6.30. The van der Waals surface area contributed by atoms with E-state index in [-0.39, 0.29) is 21.8 Å². The fraction of sp³-hybridized carbons (Fsp3) is 0.647. The van der Waals surface area contributed by atoms with Gasteiger partial charge < -0.3 is 5.32 Å². The van der Waals surface area contributed by atoms with Crippen molar-refractivity contribution in [3.63, 3.8) is 0 Å². The average Bonchev–Trinajstić information content (AvgIpc) is 2.26. The van der Waals surface area contributed by atoms with Crippen LogP contribution in [0.4, 0.5) is 4.39 Å². The van der Waals surface area contributed by atoms with Gasteiger partial charge >= 0.3 is 0 Å². The molecule has 0 saturated carbocycles. The molecule has 0 aliphatic carbocycles. The average molecular weight is 300 g/mol. The maximum Gasteiger partial charge on any atom is 0.142 e. The highest BCUT2D eigenvalue weighted by atomic mass is 35.5. The normalized spacial score (nSPS) is 14.4. The van der Waals surface area contributed by atoms with Crippen molar-refractivity contribution in [2.45, 2.75) is 53.5 Å². The Balaban J connectivity index is 2.82. The topological polar surface area (TPSA) is 12.0 Å². The number of halogens is 2. The van der Waals surface area contributed by atoms with Crippen LogP contribution >= 0.6 is 11.6 Å². The largest absolute Gasteiger partial charge is 0.312 e. The van der Waals surface area contributed by atoms with E-state index in [4.69, 9.17) is 11.6 Å². The van der Waals surface area contributed by atoms with Crippen molar-refractivity contribution in [1.82, 2.24) is 5.32 Å². The van der Waals surface area contributed by atoms with E-state index in [1.54, 1.807) is 12.1 Å². The minimum atomic E-state index is -0.333. The SMILES string of the molecule is CC(C)(C)NCC(Cc1ccc(Cl)c(F)c1)C(C)(C)C. The first-order valence-electron chi connectivity index (χ1n) is 7.18. The summed E-state index contributed by atoms with van der Waals surface area (Å²) < 4.78 is 13.6. The number of hydrogen-bond donors (Lipinski definition) is 1. The lowest BCUT2D eigenvalue weighted by Gasteiger charge is -2.34. The van der Waals surface area contributed by atoms with E-state index in [1.165, 1.54) is 0 Å². The summed E-state index contributed by atoms with van der Waals surface area (Å²) >= 11 is 5.74. The molecule has 0 radical (unpaired) electrons. The first-order valence-corrected chi connectivity index (χ1v) is 7.56. The van der Waals surface area contributed by atoms with Gasteiger partial charge in [-0.15, -0.1) is 0 Å². The zero-order chi connectivity index (χ0) is 15.6. The molecule has 0 heterocycles. The Morgan fingerprint density at radius 3 is 2.20 bits per heavy atom. The molecule has 3 heteroatoms. The molecule has 0 spiro atoms. The summed E-state index contributed by atoms with van der Waals surface area (Å²) in [4.78, 5) is 0. The lowest BCUT2D eigenvalue weighted by atomic mass is 9.77. The van der Waals surface area contributed by atoms with Crippen LogP contribution in [-0.4, -0.2) is 12.1 Å². The fourth-order valence-corrected chi connectivity index (χ4v) is 2.18. The zero-order valence-corrected chi connectivity index (χ0v) is 14.2. The van der Waals surface area contributed by atoms with Crippen LogP contribution in [0.3, 0.4) is 0 Å². The molecule has 114 valence electrons. The second kappa shape index (κ2) is 6.44. The Labute approximate surface area is 127 Å². The van der Waals surface area contributed by atoms with Gasteiger partial charge in [-0.2, -0.15) is 0 Å². The molecule has 1 aromatic rings. The van der Waals surface area contributed by atoms with E-state index in [0.29, 0.717) is 5.92 Å². The maximum atomic E-state index is 13.6. The first-order chi connectivity index (χ1) is 8.99. The second-order valence-corrected chi connectivity index (χ2v) is 8.05. The third-order valence-corrected chi connectivity index (χ3v) is 3.88. The van der Waals surface area contributed by atoms with Crippen LogP contribution in [0.5, 0.6) is 0 Å². The van der Waals surface area contributed by atoms with Gasteiger partial charge in [0.2, 0.25) is 0 Å². The van der Waals surface area contributed by atoms with Crippen molar-refractivity contribution in [3.05, 3.63) is 34.6 Å². The summed E-state index contributed by atoms with van der Waals surface area (Å²) in [6, 6.07) is 5.11. The standard InChI is InChI=1S/C17H27ClFN/c1-16(2,3)13(11-20-17(4,5)6)9-12-7-8-14(18)15(19)10-12/h7-8,10,13,20H,9,11H2,1-6H3. The zero-order valence-electron chi connectivity index (χ0n) is 13.5. The van der Waals surface area contributed by atoms with Crippen molar-refractivity contribution in [2.75, 3.05) is 6.54 Å². The van der Waals surface area contributed by atoms with Crippen LogP contribution < -0.4 is 5.32 Å². The van der Waals surface area contributed by atoms with Gasteiger partial charge in [-0.25, -0.2) is 4.39 Å². The second-order valence-electron chi connectivity index (χ2n) is 7.65. The summed E-state index contributed by atoms with van der Waals surface area (Å²) in [5, 5.41) is 3.74. The molecule has 0 aliphatic heterocycles. The molecule has 0 amide bonds. The molecule has 1 N–H and O–H groups in total. The smallest absolute Gasteiger partial charge is 0.142 e. The summed E-state index contributed by atoms with van der Waals surface area (Å²) in [6.07, 6.45) is 0.848. The molecule has 1 rings (SSSR count). The summed E-state index contributed by atoms with van der Waals surface area (Å²) in [5.41, 5.74) is 1.26. The van der Waals surface area contributed by atoms with Crippen LogP contribution in [0.15, 0.2) is 18.2 Å². The molecule has 0 saturated heterocycles. The van der Waals surface area contributed by atoms with Gasteiger partial charge in [-0.1, -0.05) is 38.4 Å². The Morgan fingerprint density at radius 1 is 1.15 bits per heavy atom. The lowest BCUT2D eigenvalue weighted by Crippen LogP contribution is -2.42. The summed E-state index contributed by atoms with van der Waals surface area (Å²) in [5.74, 6) is 0.0999. The molecule has 1 nitrogen and oxygen atoms in total. The van der Waals surface area contributed by atoms with E-state index >= 15 is 0 Å². The molecule has 0 bridgehead atoms. The van der Waals surface area contributed by atoms with Crippen LogP contribution in [-0.2, 0) is 6.42 Å². The fourth-order valence-electron chi connectivity index (χ4n) is 2.07. The van der Waals surface area contributed by atoms with Crippen LogP contribution in [0, 0.1) is 17.2 Å². The Morgan fingerprint density at radius 2 is 1.75 bits per heavy atom. The third-order valence-electron chi connectivity index (χ3n) is 3.57. The Bertz CT molecular complexity index is 443. The van der Waals surface area contributed by atoms with Crippen molar-refractivity contribution >= 4 is 11.6 Å². The van der Waals surface area contributed by atoms with Gasteiger partial charge in [-0.05, 0) is 62.8 Å². The molecule has 1 aromatic carbocycles. The molecule has 20 heavy (non-hydrogen) atoms. The van der Waals surface area contributed by atoms with E-state index in [9.17, 15) is 4.39 Å². The first kappa shape index (κ1) is 17.5. The molecule has 0 aromatic heterocycles. The lowest BCUT2D eigenvalue weighted by molar-refractivity contribution is 0.214. The molecule has 0 aliphatic rings. The van der Waals surface area contributed by atoms with Crippen molar-refractivity contribution in [3.8, 4) is 0 Å². The Hall–Kier alpha value is -0.600. The molecule has 1 atom stereocenters. The van der Waals surface area contributed by atoms with E-state index in [2.05, 4.69) is 46.9 Å². The summed E-state index contributed by atoms with van der Waals surface area (Å²) in [7, 11) is 0. The maximum absolute atomic E-state index is 13.6. The monoisotopic (exact) mass is 299 g/mol. The molecular formula is C17H27ClFN. The number of rotatable bonds is 4. The molecular weight excluding hydrogens is 273 g/mol. The highest BCUT2D eigenvalue weighted by Gasteiger charge is 2.26. The van der Waals surface area contributed by atoms with Crippen LogP contribution in [0.2, 0.25) is 5.02 Å². The van der Waals surface area contributed by atoms with Crippen LogP contribution in [0.25, 0.3) is 0 Å². The van der Waals surface area contributed by atoms with E-state index in [0.717, 1.165) is 18.5 Å². The van der Waals surface area contributed by atoms with Gasteiger partial charge in [0, 0.05) is 5.54 Å². The van der Waals surface area contributed by atoms with Crippen molar-refractivity contribution < 1.29 is 4.39 Å². The Kier molecular flexibility index (Phi) is 5.62. The van der Waals surface area contributed by atoms with Gasteiger partial charge in [0.05, 0.1) is 5.02 Å². The summed E-state index contributed by atoms with van der Waals surface area (Å²) in [6.45, 7) is 14.1. The predicted molar refractivity (Wildman–Crippen MR) is 85.8 cm³/mol. The number of benzene rings is 1. The van der Waals surface area contributed by atoms with Gasteiger partial charge in [-0.3, -0.25) is 0 Å². The van der Waals surface area contributed by atoms with Gasteiger partial charge in [0.1, 0.15) is 5.82 Å². The van der Waals surface area contributed by atoms with E-state index in [1.807, 2.05) is 6.07 Å². The van der Waals surface area contributed by atoms with Crippen molar-refractivity contribution in [2.24, 2.45) is 11.3 Å². The highest BCUT2D eigenvalue weighted by Crippen LogP contribution is 2.30. The van der Waals surface area contributed by atoms with Gasteiger partial charge in [0.15, 0.2) is 0 Å². The predicted octanol–water partition coefficient (Wildman–Crippen LogP) is 5.07. The van der Waals surface area contributed by atoms with Gasteiger partial charge in [0.25, 0.3) is 0 Å². The molecule has 0 fully saturated rings. The minimum absolute atomic E-state index is 0.0920.